The van der Waals surface area contributed by atoms with Gasteiger partial charge in [-0.2, -0.15) is 0 Å². The van der Waals surface area contributed by atoms with E-state index in [0.29, 0.717) is 9.79 Å². The molecule has 0 aliphatic heterocycles. The monoisotopic (exact) mass is 422 g/mol. The van der Waals surface area contributed by atoms with Crippen LogP contribution in [-0.2, 0) is 9.84 Å². The van der Waals surface area contributed by atoms with E-state index in [4.69, 9.17) is 0 Å². The van der Waals surface area contributed by atoms with E-state index in [1.54, 1.807) is 48.5 Å². The second-order valence-electron chi connectivity index (χ2n) is 3.41. The van der Waals surface area contributed by atoms with Crippen molar-refractivity contribution < 1.29 is 8.42 Å². The topological polar surface area (TPSA) is 34.1 Å². The van der Waals surface area contributed by atoms with Crippen LogP contribution in [0.3, 0.4) is 0 Å². The molecule has 0 spiro atoms. The molecular weight excluding hydrogens is 415 g/mol. The zero-order chi connectivity index (χ0) is 12.5. The molecule has 0 fully saturated rings. The molecule has 2 rings (SSSR count). The summed E-state index contributed by atoms with van der Waals surface area (Å²) in [6.45, 7) is 0. The zero-order valence-electron chi connectivity index (χ0n) is 8.60. The molecule has 0 radical (unpaired) electrons. The van der Waals surface area contributed by atoms with Crippen molar-refractivity contribution in [3.8, 4) is 0 Å². The Balaban J connectivity index is 2.50. The van der Waals surface area contributed by atoms with Gasteiger partial charge >= 0.3 is 0 Å². The molecule has 88 valence electrons. The third-order valence-corrected chi connectivity index (χ3v) is 5.28. The maximum atomic E-state index is 12.2. The fourth-order valence-corrected chi connectivity index (χ4v) is 3.25. The largest absolute Gasteiger partial charge is 0.219 e. The van der Waals surface area contributed by atoms with Gasteiger partial charge in [0.25, 0.3) is 0 Å². The van der Waals surface area contributed by atoms with E-state index in [1.807, 2.05) is 0 Å². The average molecular weight is 423 g/mol. The van der Waals surface area contributed by atoms with Crippen LogP contribution in [0.15, 0.2) is 62.8 Å². The van der Waals surface area contributed by atoms with Crippen molar-refractivity contribution in [3.63, 3.8) is 0 Å². The van der Waals surface area contributed by atoms with Crippen LogP contribution >= 0.6 is 38.5 Å². The summed E-state index contributed by atoms with van der Waals surface area (Å²) in [5.74, 6) is 0. The van der Waals surface area contributed by atoms with E-state index in [9.17, 15) is 8.42 Å². The second kappa shape index (κ2) is 5.07. The van der Waals surface area contributed by atoms with Crippen LogP contribution in [0.25, 0.3) is 0 Å². The molecule has 0 unspecified atom stereocenters. The SMILES string of the molecule is O=S(=O)(c1ccc(Br)cc1)c1ccc(I)cc1. The van der Waals surface area contributed by atoms with Gasteiger partial charge in [-0.25, -0.2) is 8.42 Å². The van der Waals surface area contributed by atoms with E-state index < -0.39 is 9.84 Å². The maximum absolute atomic E-state index is 12.2. The third-order valence-electron chi connectivity index (χ3n) is 2.25. The molecule has 0 N–H and O–H groups in total. The van der Waals surface area contributed by atoms with Gasteiger partial charge in [0.1, 0.15) is 0 Å². The number of sulfone groups is 1. The minimum absolute atomic E-state index is 0.307. The number of hydrogen-bond donors (Lipinski definition) is 0. The number of halogens is 2. The predicted octanol–water partition coefficient (Wildman–Crippen LogP) is 3.89. The van der Waals surface area contributed by atoms with Crippen molar-refractivity contribution in [3.05, 3.63) is 56.6 Å². The first-order valence-corrected chi connectivity index (χ1v) is 8.12. The van der Waals surface area contributed by atoms with E-state index in [2.05, 4.69) is 38.5 Å². The third kappa shape index (κ3) is 2.89. The van der Waals surface area contributed by atoms with E-state index in [0.717, 1.165) is 8.04 Å². The van der Waals surface area contributed by atoms with Crippen molar-refractivity contribution in [1.82, 2.24) is 0 Å². The van der Waals surface area contributed by atoms with Gasteiger partial charge in [-0.1, -0.05) is 15.9 Å². The fourth-order valence-electron chi connectivity index (χ4n) is 1.36. The average Bonchev–Trinajstić information content (AvgIpc) is 2.30. The maximum Gasteiger partial charge on any atom is 0.206 e. The lowest BCUT2D eigenvalue weighted by Gasteiger charge is -2.04. The lowest BCUT2D eigenvalue weighted by atomic mass is 10.4. The molecule has 0 amide bonds. The summed E-state index contributed by atoms with van der Waals surface area (Å²) in [7, 11) is -3.40. The van der Waals surface area contributed by atoms with Crippen molar-refractivity contribution in [1.29, 1.82) is 0 Å². The Bertz CT molecular complexity index is 567. The molecule has 2 aromatic carbocycles. The standard InChI is InChI=1S/C12H8BrIO2S/c13-9-1-5-11(6-2-9)17(15,16)12-7-3-10(14)4-8-12/h1-8H. The minimum atomic E-state index is -3.40. The Labute approximate surface area is 122 Å². The van der Waals surface area contributed by atoms with Gasteiger partial charge in [-0.3, -0.25) is 0 Å². The molecule has 0 atom stereocenters. The summed E-state index contributed by atoms with van der Waals surface area (Å²) in [6, 6.07) is 13.4. The highest BCUT2D eigenvalue weighted by atomic mass is 127. The molecule has 2 aromatic rings. The van der Waals surface area contributed by atoms with E-state index in [-0.39, 0.29) is 0 Å². The van der Waals surface area contributed by atoms with Gasteiger partial charge in [-0.15, -0.1) is 0 Å². The normalized spacial score (nSPS) is 11.4. The number of benzene rings is 2. The molecule has 0 bridgehead atoms. The highest BCUT2D eigenvalue weighted by molar-refractivity contribution is 14.1. The Kier molecular flexibility index (Phi) is 3.89. The summed E-state index contributed by atoms with van der Waals surface area (Å²) >= 11 is 5.42. The quantitative estimate of drug-likeness (QED) is 0.688. The Morgan fingerprint density at radius 2 is 1.24 bits per heavy atom. The highest BCUT2D eigenvalue weighted by Crippen LogP contribution is 2.23. The second-order valence-corrected chi connectivity index (χ2v) is 7.52. The lowest BCUT2D eigenvalue weighted by Crippen LogP contribution is -2.01. The summed E-state index contributed by atoms with van der Waals surface area (Å²) < 4.78 is 26.3. The summed E-state index contributed by atoms with van der Waals surface area (Å²) in [5.41, 5.74) is 0. The van der Waals surface area contributed by atoms with Gasteiger partial charge < -0.3 is 0 Å². The molecule has 2 nitrogen and oxygen atoms in total. The smallest absolute Gasteiger partial charge is 0.206 e. The molecule has 5 heteroatoms. The van der Waals surface area contributed by atoms with E-state index >= 15 is 0 Å². The summed E-state index contributed by atoms with van der Waals surface area (Å²) in [5, 5.41) is 0. The summed E-state index contributed by atoms with van der Waals surface area (Å²) in [6.07, 6.45) is 0. The van der Waals surface area contributed by atoms with Crippen LogP contribution in [-0.4, -0.2) is 8.42 Å². The first-order chi connectivity index (χ1) is 8.00. The number of rotatable bonds is 2. The molecule has 0 aliphatic carbocycles. The van der Waals surface area contributed by atoms with Crippen LogP contribution in [0.2, 0.25) is 0 Å². The van der Waals surface area contributed by atoms with Gasteiger partial charge in [0.15, 0.2) is 0 Å². The van der Waals surface area contributed by atoms with Crippen molar-refractivity contribution >= 4 is 48.4 Å². The highest BCUT2D eigenvalue weighted by Gasteiger charge is 2.16. The zero-order valence-corrected chi connectivity index (χ0v) is 13.2. The Hall–Kier alpha value is -0.400. The molecule has 0 heterocycles. The Morgan fingerprint density at radius 1 is 0.824 bits per heavy atom. The van der Waals surface area contributed by atoms with Crippen LogP contribution < -0.4 is 0 Å². The lowest BCUT2D eigenvalue weighted by molar-refractivity contribution is 0.596. The van der Waals surface area contributed by atoms with Gasteiger partial charge in [0.2, 0.25) is 9.84 Å². The fraction of sp³-hybridized carbons (Fsp3) is 0. The van der Waals surface area contributed by atoms with Crippen LogP contribution in [0, 0.1) is 3.57 Å². The molecule has 0 saturated heterocycles. The molecule has 17 heavy (non-hydrogen) atoms. The first kappa shape index (κ1) is 13.0. The van der Waals surface area contributed by atoms with Crippen molar-refractivity contribution in [2.75, 3.05) is 0 Å². The van der Waals surface area contributed by atoms with E-state index in [1.165, 1.54) is 0 Å². The van der Waals surface area contributed by atoms with Crippen LogP contribution in [0.1, 0.15) is 0 Å². The van der Waals surface area contributed by atoms with Crippen molar-refractivity contribution in [2.45, 2.75) is 9.79 Å². The Morgan fingerprint density at radius 3 is 1.71 bits per heavy atom. The molecular formula is C12H8BrIO2S. The first-order valence-electron chi connectivity index (χ1n) is 4.76. The predicted molar refractivity (Wildman–Crippen MR) is 78.8 cm³/mol. The number of hydrogen-bond acceptors (Lipinski definition) is 2. The molecule has 0 aliphatic rings. The molecule has 0 aromatic heterocycles. The van der Waals surface area contributed by atoms with Crippen LogP contribution in [0.5, 0.6) is 0 Å². The van der Waals surface area contributed by atoms with Gasteiger partial charge in [-0.05, 0) is 71.1 Å². The molecule has 0 saturated carbocycles. The van der Waals surface area contributed by atoms with Crippen molar-refractivity contribution in [2.24, 2.45) is 0 Å². The van der Waals surface area contributed by atoms with Crippen LogP contribution in [0.4, 0.5) is 0 Å². The summed E-state index contributed by atoms with van der Waals surface area (Å²) in [4.78, 5) is 0.627. The van der Waals surface area contributed by atoms with Gasteiger partial charge in [0, 0.05) is 8.04 Å². The minimum Gasteiger partial charge on any atom is -0.219 e. The van der Waals surface area contributed by atoms with Gasteiger partial charge in [0.05, 0.1) is 9.79 Å².